The number of amides is 2. The Kier molecular flexibility index (Phi) is 9.27. The molecule has 4 aromatic carbocycles. The summed E-state index contributed by atoms with van der Waals surface area (Å²) in [7, 11) is 0. The van der Waals surface area contributed by atoms with Crippen LogP contribution < -0.4 is 5.32 Å². The predicted molar refractivity (Wildman–Crippen MR) is 147 cm³/mol. The van der Waals surface area contributed by atoms with Crippen LogP contribution in [0.3, 0.4) is 0 Å². The summed E-state index contributed by atoms with van der Waals surface area (Å²) >= 11 is 0. The second-order valence-corrected chi connectivity index (χ2v) is 8.78. The molecular weight excluding hydrogens is 456 g/mol. The fourth-order valence-corrected chi connectivity index (χ4v) is 4.10. The van der Waals surface area contributed by atoms with Crippen molar-refractivity contribution >= 4 is 11.8 Å². The maximum absolute atomic E-state index is 13.6. The van der Waals surface area contributed by atoms with Crippen LogP contribution in [0.15, 0.2) is 121 Å². The average Bonchev–Trinajstić information content (AvgIpc) is 2.96. The van der Waals surface area contributed by atoms with Crippen LogP contribution in [0.1, 0.15) is 28.7 Å². The van der Waals surface area contributed by atoms with Crippen LogP contribution in [0, 0.1) is 11.8 Å². The normalized spacial score (nSPS) is 11.0. The first kappa shape index (κ1) is 25.5. The largest absolute Gasteiger partial charge is 0.350 e. The van der Waals surface area contributed by atoms with Gasteiger partial charge in [-0.3, -0.25) is 9.59 Å². The summed E-state index contributed by atoms with van der Waals surface area (Å²) < 4.78 is 0. The number of carbonyl (C=O) groups excluding carboxylic acids is 2. The van der Waals surface area contributed by atoms with Crippen LogP contribution in [0.5, 0.6) is 0 Å². The zero-order valence-electron chi connectivity index (χ0n) is 20.7. The van der Waals surface area contributed by atoms with Crippen molar-refractivity contribution in [2.24, 2.45) is 0 Å². The number of rotatable bonds is 9. The van der Waals surface area contributed by atoms with Crippen molar-refractivity contribution in [1.29, 1.82) is 0 Å². The topological polar surface area (TPSA) is 49.4 Å². The Morgan fingerprint density at radius 2 is 1.19 bits per heavy atom. The third kappa shape index (κ3) is 7.95. The Morgan fingerprint density at radius 1 is 0.676 bits per heavy atom. The van der Waals surface area contributed by atoms with E-state index >= 15 is 0 Å². The fraction of sp³-hybridized carbons (Fsp3) is 0.152. The number of nitrogens with zero attached hydrogens (tertiary/aromatic N) is 1. The lowest BCUT2D eigenvalue weighted by atomic mass is 10.0. The first-order valence-corrected chi connectivity index (χ1v) is 12.5. The lowest BCUT2D eigenvalue weighted by molar-refractivity contribution is -0.137. The molecule has 0 radical (unpaired) electrons. The van der Waals surface area contributed by atoms with E-state index in [2.05, 4.69) is 17.2 Å². The monoisotopic (exact) mass is 486 g/mol. The van der Waals surface area contributed by atoms with Crippen molar-refractivity contribution in [3.05, 3.63) is 144 Å². The number of hydrogen-bond donors (Lipinski definition) is 1. The van der Waals surface area contributed by atoms with Gasteiger partial charge in [0.15, 0.2) is 0 Å². The van der Waals surface area contributed by atoms with E-state index in [1.165, 1.54) is 0 Å². The number of hydrogen-bond acceptors (Lipinski definition) is 2. The third-order valence-electron chi connectivity index (χ3n) is 6.08. The van der Waals surface area contributed by atoms with Crippen LogP contribution in [-0.2, 0) is 29.1 Å². The van der Waals surface area contributed by atoms with Crippen molar-refractivity contribution in [2.45, 2.75) is 32.0 Å². The van der Waals surface area contributed by atoms with Gasteiger partial charge in [0.1, 0.15) is 6.04 Å². The Hall–Kier alpha value is -4.62. The van der Waals surface area contributed by atoms with Crippen molar-refractivity contribution in [1.82, 2.24) is 10.2 Å². The molecule has 4 rings (SSSR count). The summed E-state index contributed by atoms with van der Waals surface area (Å²) in [5.74, 6) is 5.18. The molecule has 1 N–H and O–H groups in total. The first-order valence-electron chi connectivity index (χ1n) is 12.5. The third-order valence-corrected chi connectivity index (χ3v) is 6.08. The number of benzene rings is 4. The van der Waals surface area contributed by atoms with Gasteiger partial charge in [-0.25, -0.2) is 0 Å². The molecule has 0 aliphatic carbocycles. The van der Waals surface area contributed by atoms with Gasteiger partial charge in [-0.2, -0.15) is 0 Å². The Balaban J connectivity index is 1.61. The molecule has 1 atom stereocenters. The molecule has 2 amide bonds. The highest BCUT2D eigenvalue weighted by Crippen LogP contribution is 2.16. The minimum absolute atomic E-state index is 0.189. The number of aryl methyl sites for hydroxylation is 1. The van der Waals surface area contributed by atoms with E-state index in [1.807, 2.05) is 121 Å². The first-order chi connectivity index (χ1) is 18.2. The molecule has 0 saturated carbocycles. The summed E-state index contributed by atoms with van der Waals surface area (Å²) in [6, 6.07) is 38.2. The SMILES string of the molecule is O=C(NCc1ccccc1)C(CCc1ccccc1)N(Cc1ccccc1)C(=O)C#Cc1ccccc1. The van der Waals surface area contributed by atoms with Crippen molar-refractivity contribution in [3.63, 3.8) is 0 Å². The smallest absolute Gasteiger partial charge is 0.299 e. The van der Waals surface area contributed by atoms with Gasteiger partial charge >= 0.3 is 0 Å². The van der Waals surface area contributed by atoms with Crippen LogP contribution in [0.4, 0.5) is 0 Å². The van der Waals surface area contributed by atoms with Crippen LogP contribution >= 0.6 is 0 Å². The highest BCUT2D eigenvalue weighted by Gasteiger charge is 2.29. The van der Waals surface area contributed by atoms with Gasteiger partial charge in [-0.05, 0) is 41.7 Å². The molecule has 4 nitrogen and oxygen atoms in total. The molecule has 0 spiro atoms. The van der Waals surface area contributed by atoms with Gasteiger partial charge in [0.05, 0.1) is 0 Å². The van der Waals surface area contributed by atoms with E-state index in [9.17, 15) is 9.59 Å². The summed E-state index contributed by atoms with van der Waals surface area (Å²) in [5, 5.41) is 3.05. The highest BCUT2D eigenvalue weighted by molar-refractivity contribution is 5.97. The molecule has 4 aromatic rings. The molecule has 0 aliphatic heterocycles. The molecule has 0 aromatic heterocycles. The summed E-state index contributed by atoms with van der Waals surface area (Å²) in [5.41, 5.74) is 3.82. The fourth-order valence-electron chi connectivity index (χ4n) is 4.10. The van der Waals surface area contributed by atoms with Crippen molar-refractivity contribution < 1.29 is 9.59 Å². The molecule has 0 fully saturated rings. The molecule has 0 aliphatic rings. The quantitative estimate of drug-likeness (QED) is 0.323. The minimum atomic E-state index is -0.679. The lowest BCUT2D eigenvalue weighted by Gasteiger charge is -2.30. The molecule has 37 heavy (non-hydrogen) atoms. The minimum Gasteiger partial charge on any atom is -0.350 e. The molecule has 1 unspecified atom stereocenters. The van der Waals surface area contributed by atoms with Gasteiger partial charge < -0.3 is 10.2 Å². The van der Waals surface area contributed by atoms with E-state index in [0.717, 1.165) is 22.3 Å². The standard InChI is InChI=1S/C33H30N2O2/c36-32(24-22-28-15-7-2-8-16-28)35(26-30-19-11-4-12-20-30)31(23-21-27-13-5-1-6-14-27)33(37)34-25-29-17-9-3-10-18-29/h1-20,31H,21,23,25-26H2,(H,34,37). The van der Waals surface area contributed by atoms with E-state index in [-0.39, 0.29) is 11.8 Å². The maximum Gasteiger partial charge on any atom is 0.299 e. The highest BCUT2D eigenvalue weighted by atomic mass is 16.2. The van der Waals surface area contributed by atoms with E-state index in [1.54, 1.807) is 4.90 Å². The van der Waals surface area contributed by atoms with Gasteiger partial charge in [0.2, 0.25) is 5.91 Å². The van der Waals surface area contributed by atoms with Crippen molar-refractivity contribution in [3.8, 4) is 11.8 Å². The van der Waals surface area contributed by atoms with Crippen molar-refractivity contribution in [2.75, 3.05) is 0 Å². The summed E-state index contributed by atoms with van der Waals surface area (Å²) in [6.07, 6.45) is 1.14. The average molecular weight is 487 g/mol. The van der Waals surface area contributed by atoms with Crippen LogP contribution in [0.2, 0.25) is 0 Å². The second kappa shape index (κ2) is 13.5. The maximum atomic E-state index is 13.6. The van der Waals surface area contributed by atoms with Gasteiger partial charge in [-0.1, -0.05) is 115 Å². The van der Waals surface area contributed by atoms with E-state index in [0.29, 0.717) is 25.9 Å². The molecule has 0 bridgehead atoms. The van der Waals surface area contributed by atoms with E-state index in [4.69, 9.17) is 0 Å². The van der Waals surface area contributed by atoms with Crippen LogP contribution in [-0.4, -0.2) is 22.8 Å². The zero-order chi connectivity index (χ0) is 25.7. The van der Waals surface area contributed by atoms with Crippen LogP contribution in [0.25, 0.3) is 0 Å². The molecule has 4 heteroatoms. The molecule has 0 heterocycles. The Morgan fingerprint density at radius 3 is 1.78 bits per heavy atom. The zero-order valence-corrected chi connectivity index (χ0v) is 20.7. The molecule has 184 valence electrons. The van der Waals surface area contributed by atoms with Gasteiger partial charge in [0, 0.05) is 24.6 Å². The van der Waals surface area contributed by atoms with Gasteiger partial charge in [-0.15, -0.1) is 0 Å². The Bertz CT molecular complexity index is 1330. The molecule has 0 saturated heterocycles. The van der Waals surface area contributed by atoms with Gasteiger partial charge in [0.25, 0.3) is 5.91 Å². The number of nitrogens with one attached hydrogen (secondary N) is 1. The summed E-state index contributed by atoms with van der Waals surface area (Å²) in [4.78, 5) is 28.7. The number of carbonyl (C=O) groups is 2. The predicted octanol–water partition coefficient (Wildman–Crippen LogP) is 5.38. The molecular formula is C33H30N2O2. The second-order valence-electron chi connectivity index (χ2n) is 8.78. The van der Waals surface area contributed by atoms with E-state index < -0.39 is 6.04 Å². The Labute approximate surface area is 219 Å². The summed E-state index contributed by atoms with van der Waals surface area (Å²) in [6.45, 7) is 0.686. The lowest BCUT2D eigenvalue weighted by Crippen LogP contribution is -2.49.